The Hall–Kier alpha value is -4.10. The molecule has 10 nitrogen and oxygen atoms in total. The van der Waals surface area contributed by atoms with Crippen LogP contribution in [0.3, 0.4) is 0 Å². The van der Waals surface area contributed by atoms with Gasteiger partial charge in [0, 0.05) is 16.7 Å². The fourth-order valence-electron chi connectivity index (χ4n) is 7.02. The first-order valence-electron chi connectivity index (χ1n) is 15.3. The lowest BCUT2D eigenvalue weighted by atomic mass is 9.79. The first-order chi connectivity index (χ1) is 23.4. The molecular formula is C32H28F6O10S2Si. The fourth-order valence-corrected chi connectivity index (χ4v) is 13.6. The highest BCUT2D eigenvalue weighted by Gasteiger charge is 2.59. The van der Waals surface area contributed by atoms with Gasteiger partial charge in [-0.25, -0.2) is 9.59 Å². The van der Waals surface area contributed by atoms with Crippen LogP contribution in [-0.4, -0.2) is 53.5 Å². The summed E-state index contributed by atoms with van der Waals surface area (Å²) in [7, 11) is -15.7. The molecule has 0 bridgehead atoms. The molecule has 51 heavy (non-hydrogen) atoms. The van der Waals surface area contributed by atoms with Crippen molar-refractivity contribution in [2.45, 2.75) is 74.3 Å². The van der Waals surface area contributed by atoms with Crippen LogP contribution in [0.25, 0.3) is 0 Å². The molecule has 3 aromatic carbocycles. The zero-order valence-corrected chi connectivity index (χ0v) is 29.5. The van der Waals surface area contributed by atoms with Gasteiger partial charge in [0.25, 0.3) is 0 Å². The van der Waals surface area contributed by atoms with Crippen LogP contribution in [0.4, 0.5) is 26.3 Å². The minimum absolute atomic E-state index is 0.0192. The molecule has 19 heteroatoms. The second-order valence-corrected chi connectivity index (χ2v) is 20.7. The summed E-state index contributed by atoms with van der Waals surface area (Å²) in [4.78, 5) is 26.6. The van der Waals surface area contributed by atoms with Crippen molar-refractivity contribution < 1.29 is 70.6 Å². The van der Waals surface area contributed by atoms with E-state index in [-0.39, 0.29) is 38.2 Å². The Bertz CT molecular complexity index is 2090. The van der Waals surface area contributed by atoms with E-state index in [0.717, 1.165) is 24.3 Å². The van der Waals surface area contributed by atoms with Crippen molar-refractivity contribution in [2.75, 3.05) is 0 Å². The summed E-state index contributed by atoms with van der Waals surface area (Å²) in [5, 5.41) is 0.523. The van der Waals surface area contributed by atoms with Gasteiger partial charge < -0.3 is 17.8 Å². The highest BCUT2D eigenvalue weighted by atomic mass is 32.2. The van der Waals surface area contributed by atoms with E-state index < -0.39 is 74.0 Å². The molecule has 6 rings (SSSR count). The SMILES string of the molecule is CC(C)(C)OC(=O)c1ccc2c(c1)C(=O)OC21c2ccc(OS(=O)(=O)C(F)(F)F)cc2[Si]2(CCCCC2)c2cc(OS(=O)(=O)C(F)(F)F)ccc21. The first kappa shape index (κ1) is 36.7. The molecule has 2 spiro atoms. The number of hydrogen-bond donors (Lipinski definition) is 0. The van der Waals surface area contributed by atoms with Crippen molar-refractivity contribution >= 4 is 50.6 Å². The Morgan fingerprint density at radius 2 is 1.20 bits per heavy atom. The van der Waals surface area contributed by atoms with Crippen LogP contribution in [0.1, 0.15) is 77.4 Å². The van der Waals surface area contributed by atoms with E-state index in [2.05, 4.69) is 8.37 Å². The van der Waals surface area contributed by atoms with Crippen LogP contribution >= 0.6 is 0 Å². The van der Waals surface area contributed by atoms with Gasteiger partial charge in [0.2, 0.25) is 0 Å². The van der Waals surface area contributed by atoms with E-state index in [4.69, 9.17) is 9.47 Å². The third-order valence-corrected chi connectivity index (χ3v) is 16.2. The zero-order chi connectivity index (χ0) is 37.6. The largest absolute Gasteiger partial charge is 0.534 e. The van der Waals surface area contributed by atoms with Gasteiger partial charge >= 0.3 is 43.2 Å². The molecule has 3 aromatic rings. The smallest absolute Gasteiger partial charge is 0.456 e. The van der Waals surface area contributed by atoms with Crippen molar-refractivity contribution in [3.63, 3.8) is 0 Å². The second kappa shape index (κ2) is 11.7. The lowest BCUT2D eigenvalue weighted by molar-refractivity contribution is -0.0504. The monoisotopic (exact) mass is 778 g/mol. The summed E-state index contributed by atoms with van der Waals surface area (Å²) >= 11 is 0. The van der Waals surface area contributed by atoms with E-state index in [1.807, 2.05) is 0 Å². The molecule has 1 fully saturated rings. The molecule has 0 aliphatic carbocycles. The van der Waals surface area contributed by atoms with Crippen LogP contribution in [0.2, 0.25) is 12.1 Å². The number of benzene rings is 3. The molecule has 0 aromatic heterocycles. The number of ether oxygens (including phenoxy) is 2. The Kier molecular flexibility index (Phi) is 8.42. The topological polar surface area (TPSA) is 139 Å². The highest BCUT2D eigenvalue weighted by molar-refractivity contribution is 7.88. The minimum Gasteiger partial charge on any atom is -0.456 e. The highest BCUT2D eigenvalue weighted by Crippen LogP contribution is 2.51. The Balaban J connectivity index is 1.63. The molecule has 0 atom stereocenters. The average Bonchev–Trinajstić information content (AvgIpc) is 3.30. The molecule has 0 amide bonds. The normalized spacial score (nSPS) is 18.0. The van der Waals surface area contributed by atoms with E-state index in [9.17, 15) is 52.8 Å². The fraction of sp³-hybridized carbons (Fsp3) is 0.375. The van der Waals surface area contributed by atoms with Crippen molar-refractivity contribution in [2.24, 2.45) is 0 Å². The molecule has 3 heterocycles. The van der Waals surface area contributed by atoms with Crippen LogP contribution in [0.5, 0.6) is 11.5 Å². The number of esters is 2. The van der Waals surface area contributed by atoms with Gasteiger partial charge in [-0.1, -0.05) is 37.5 Å². The third kappa shape index (κ3) is 6.05. The van der Waals surface area contributed by atoms with E-state index in [1.165, 1.54) is 30.3 Å². The number of rotatable bonds is 5. The molecule has 0 radical (unpaired) electrons. The maximum atomic E-state index is 13.7. The van der Waals surface area contributed by atoms with Crippen LogP contribution in [-0.2, 0) is 35.3 Å². The van der Waals surface area contributed by atoms with Crippen molar-refractivity contribution in [1.82, 2.24) is 0 Å². The number of carbonyl (C=O) groups is 2. The van der Waals surface area contributed by atoms with Gasteiger partial charge in [0.15, 0.2) is 5.60 Å². The molecule has 1 saturated heterocycles. The van der Waals surface area contributed by atoms with E-state index >= 15 is 0 Å². The van der Waals surface area contributed by atoms with Gasteiger partial charge in [0.05, 0.1) is 11.1 Å². The first-order valence-corrected chi connectivity index (χ1v) is 20.6. The number of fused-ring (bicyclic) bond motifs is 8. The Labute approximate surface area is 288 Å². The number of halogens is 6. The van der Waals surface area contributed by atoms with Gasteiger partial charge in [-0.2, -0.15) is 43.2 Å². The maximum Gasteiger partial charge on any atom is 0.534 e. The van der Waals surface area contributed by atoms with Crippen molar-refractivity contribution in [3.8, 4) is 11.5 Å². The van der Waals surface area contributed by atoms with Gasteiger partial charge in [0.1, 0.15) is 25.2 Å². The molecule has 0 saturated carbocycles. The summed E-state index contributed by atoms with van der Waals surface area (Å²) in [6, 6.07) is 11.4. The standard InChI is InChI=1S/C32H28F6O10S2Si/c1-29(2,3)45-27(39)18-7-10-22-21(15-18)28(40)46-30(22)23-11-8-19(47-49(41,42)31(33,34)35)16-25(23)51(13-5-4-6-14-51)26-17-20(9-12-24(26)30)48-50(43,44)32(36,37)38/h7-12,15-17H,4-6,13-14H2,1-3H3. The van der Waals surface area contributed by atoms with Crippen LogP contribution < -0.4 is 18.7 Å². The molecule has 274 valence electrons. The maximum absolute atomic E-state index is 13.7. The Morgan fingerprint density at radius 1 is 0.725 bits per heavy atom. The molecule has 3 aliphatic heterocycles. The predicted octanol–water partition coefficient (Wildman–Crippen LogP) is 5.62. The molecular weight excluding hydrogens is 751 g/mol. The lowest BCUT2D eigenvalue weighted by Crippen LogP contribution is -2.67. The summed E-state index contributed by atoms with van der Waals surface area (Å²) < 4.78 is 149. The number of hydrogen-bond acceptors (Lipinski definition) is 10. The van der Waals surface area contributed by atoms with Crippen molar-refractivity contribution in [1.29, 1.82) is 0 Å². The zero-order valence-electron chi connectivity index (χ0n) is 26.9. The third-order valence-electron chi connectivity index (χ3n) is 8.96. The van der Waals surface area contributed by atoms with Crippen molar-refractivity contribution in [3.05, 3.63) is 82.4 Å². The van der Waals surface area contributed by atoms with Gasteiger partial charge in [-0.15, -0.1) is 0 Å². The van der Waals surface area contributed by atoms with Crippen LogP contribution in [0.15, 0.2) is 54.6 Å². The molecule has 0 N–H and O–H groups in total. The van der Waals surface area contributed by atoms with Gasteiger partial charge in [-0.05, 0) is 79.6 Å². The van der Waals surface area contributed by atoms with Crippen LogP contribution in [0, 0.1) is 0 Å². The summed E-state index contributed by atoms with van der Waals surface area (Å²) in [6.07, 6.45) is 1.81. The number of carbonyl (C=O) groups excluding carboxylic acids is 2. The summed E-state index contributed by atoms with van der Waals surface area (Å²) in [5.74, 6) is -3.15. The molecule has 0 unspecified atom stereocenters. The quantitative estimate of drug-likeness (QED) is 0.105. The summed E-state index contributed by atoms with van der Waals surface area (Å²) in [6.45, 7) is 4.91. The lowest BCUT2D eigenvalue weighted by Gasteiger charge is -2.48. The van der Waals surface area contributed by atoms with E-state index in [0.29, 0.717) is 31.4 Å². The number of alkyl halides is 6. The molecule has 3 aliphatic rings. The van der Waals surface area contributed by atoms with Gasteiger partial charge in [-0.3, -0.25) is 0 Å². The predicted molar refractivity (Wildman–Crippen MR) is 169 cm³/mol. The summed E-state index contributed by atoms with van der Waals surface area (Å²) in [5.41, 5.74) is -13.9. The minimum atomic E-state index is -6.14. The second-order valence-electron chi connectivity index (χ2n) is 13.4. The van der Waals surface area contributed by atoms with E-state index in [1.54, 1.807) is 20.8 Å². The Morgan fingerprint density at radius 3 is 1.65 bits per heavy atom. The average molecular weight is 779 g/mol.